The minimum Gasteiger partial charge on any atom is -0.340 e. The van der Waals surface area contributed by atoms with E-state index in [4.69, 9.17) is 0 Å². The van der Waals surface area contributed by atoms with Crippen molar-refractivity contribution < 1.29 is 0 Å². The number of rotatable bonds is 4. The summed E-state index contributed by atoms with van der Waals surface area (Å²) < 4.78 is 0. The summed E-state index contributed by atoms with van der Waals surface area (Å²) in [6.07, 6.45) is 5.44. The van der Waals surface area contributed by atoms with Crippen molar-refractivity contribution in [3.8, 4) is 0 Å². The van der Waals surface area contributed by atoms with E-state index in [2.05, 4.69) is 45.3 Å². The first kappa shape index (κ1) is 13.7. The average molecular weight is 294 g/mol. The van der Waals surface area contributed by atoms with E-state index in [1.165, 1.54) is 29.7 Å². The Hall–Kier alpha value is -1.94. The molecule has 4 nitrogen and oxygen atoms in total. The third kappa shape index (κ3) is 2.71. The zero-order valence-corrected chi connectivity index (χ0v) is 13.0. The average Bonchev–Trinajstić information content (AvgIpc) is 3.40. The second-order valence-corrected chi connectivity index (χ2v) is 6.26. The maximum absolute atomic E-state index is 4.68. The second kappa shape index (κ2) is 5.69. The molecule has 114 valence electrons. The van der Waals surface area contributed by atoms with Gasteiger partial charge in [0.1, 0.15) is 11.6 Å². The summed E-state index contributed by atoms with van der Waals surface area (Å²) in [6.45, 7) is 5.54. The maximum atomic E-state index is 4.68. The summed E-state index contributed by atoms with van der Waals surface area (Å²) in [7, 11) is 0. The lowest BCUT2D eigenvalue weighted by atomic mass is 9.98. The van der Waals surface area contributed by atoms with Gasteiger partial charge in [-0.05, 0) is 49.1 Å². The summed E-state index contributed by atoms with van der Waals surface area (Å²) in [6, 6.07) is 8.52. The number of anilines is 2. The molecule has 0 atom stereocenters. The first-order chi connectivity index (χ1) is 10.8. The van der Waals surface area contributed by atoms with Gasteiger partial charge in [-0.3, -0.25) is 4.90 Å². The number of likely N-dealkylation sites (N-methyl/N-ethyl adjacent to an activating group) is 1. The lowest BCUT2D eigenvalue weighted by Gasteiger charge is -2.29. The number of aromatic nitrogens is 2. The Kier molecular flexibility index (Phi) is 3.54. The summed E-state index contributed by atoms with van der Waals surface area (Å²) in [5.74, 6) is 2.50. The number of nitrogens with zero attached hydrogens (tertiary/aromatic N) is 3. The molecule has 0 radical (unpaired) electrons. The van der Waals surface area contributed by atoms with Crippen LogP contribution in [0.2, 0.25) is 0 Å². The Morgan fingerprint density at radius 2 is 2.18 bits per heavy atom. The topological polar surface area (TPSA) is 41.0 Å². The normalized spacial score (nSPS) is 18.0. The Morgan fingerprint density at radius 3 is 3.00 bits per heavy atom. The molecule has 1 fully saturated rings. The van der Waals surface area contributed by atoms with E-state index in [0.29, 0.717) is 5.92 Å². The summed E-state index contributed by atoms with van der Waals surface area (Å²) in [5, 5.41) is 3.52. The molecular weight excluding hydrogens is 272 g/mol. The standard InChI is InChI=1S/C18H22N4/c1-2-22-11-9-15-14(12-22)4-3-5-16(15)20-17-8-10-19-18(21-17)13-6-7-13/h3-5,8,10,13H,2,6-7,9,11-12H2,1H3,(H,19,20,21). The number of nitrogens with one attached hydrogen (secondary N) is 1. The van der Waals surface area contributed by atoms with Crippen LogP contribution in [0.4, 0.5) is 11.5 Å². The molecule has 0 unspecified atom stereocenters. The van der Waals surface area contributed by atoms with Gasteiger partial charge in [-0.25, -0.2) is 9.97 Å². The van der Waals surface area contributed by atoms with E-state index in [9.17, 15) is 0 Å². The molecule has 2 heterocycles. The maximum Gasteiger partial charge on any atom is 0.134 e. The third-order valence-corrected chi connectivity index (χ3v) is 4.67. The van der Waals surface area contributed by atoms with Gasteiger partial charge >= 0.3 is 0 Å². The molecule has 2 aromatic rings. The Bertz CT molecular complexity index is 679. The molecule has 4 rings (SSSR count). The molecule has 1 aliphatic heterocycles. The second-order valence-electron chi connectivity index (χ2n) is 6.26. The van der Waals surface area contributed by atoms with E-state index in [1.54, 1.807) is 0 Å². The first-order valence-corrected chi connectivity index (χ1v) is 8.26. The van der Waals surface area contributed by atoms with Crippen molar-refractivity contribution >= 4 is 11.5 Å². The van der Waals surface area contributed by atoms with E-state index in [1.807, 2.05) is 12.3 Å². The minimum atomic E-state index is 0.588. The van der Waals surface area contributed by atoms with Gasteiger partial charge in [-0.15, -0.1) is 0 Å². The van der Waals surface area contributed by atoms with Gasteiger partial charge < -0.3 is 5.32 Å². The van der Waals surface area contributed by atoms with Gasteiger partial charge in [0.2, 0.25) is 0 Å². The van der Waals surface area contributed by atoms with Crippen LogP contribution in [0.5, 0.6) is 0 Å². The zero-order chi connectivity index (χ0) is 14.9. The van der Waals surface area contributed by atoms with Crippen LogP contribution in [0.15, 0.2) is 30.5 Å². The van der Waals surface area contributed by atoms with Crippen molar-refractivity contribution in [1.29, 1.82) is 0 Å². The number of hydrogen-bond acceptors (Lipinski definition) is 4. The first-order valence-electron chi connectivity index (χ1n) is 8.26. The van der Waals surface area contributed by atoms with Crippen LogP contribution in [0.25, 0.3) is 0 Å². The minimum absolute atomic E-state index is 0.588. The Labute approximate surface area is 131 Å². The van der Waals surface area contributed by atoms with E-state index >= 15 is 0 Å². The van der Waals surface area contributed by atoms with Crippen molar-refractivity contribution in [2.24, 2.45) is 0 Å². The van der Waals surface area contributed by atoms with Crippen molar-refractivity contribution in [3.63, 3.8) is 0 Å². The molecule has 0 saturated heterocycles. The summed E-state index contributed by atoms with van der Waals surface area (Å²) in [5.41, 5.74) is 4.09. The molecular formula is C18H22N4. The van der Waals surface area contributed by atoms with Crippen molar-refractivity contribution in [2.45, 2.75) is 38.6 Å². The van der Waals surface area contributed by atoms with E-state index in [-0.39, 0.29) is 0 Å². The van der Waals surface area contributed by atoms with Crippen LogP contribution < -0.4 is 5.32 Å². The summed E-state index contributed by atoms with van der Waals surface area (Å²) in [4.78, 5) is 11.6. The number of hydrogen-bond donors (Lipinski definition) is 1. The van der Waals surface area contributed by atoms with Crippen LogP contribution in [0.3, 0.4) is 0 Å². The largest absolute Gasteiger partial charge is 0.340 e. The van der Waals surface area contributed by atoms with Crippen molar-refractivity contribution in [1.82, 2.24) is 14.9 Å². The monoisotopic (exact) mass is 294 g/mol. The molecule has 1 N–H and O–H groups in total. The van der Waals surface area contributed by atoms with E-state index in [0.717, 1.165) is 37.7 Å². The molecule has 0 spiro atoms. The third-order valence-electron chi connectivity index (χ3n) is 4.67. The molecule has 2 aliphatic rings. The lowest BCUT2D eigenvalue weighted by molar-refractivity contribution is 0.268. The van der Waals surface area contributed by atoms with Crippen LogP contribution in [0.1, 0.15) is 42.6 Å². The smallest absolute Gasteiger partial charge is 0.134 e. The fourth-order valence-corrected chi connectivity index (χ4v) is 3.17. The fourth-order valence-electron chi connectivity index (χ4n) is 3.17. The highest BCUT2D eigenvalue weighted by Gasteiger charge is 2.26. The van der Waals surface area contributed by atoms with Gasteiger partial charge in [0, 0.05) is 30.9 Å². The lowest BCUT2D eigenvalue weighted by Crippen LogP contribution is -2.30. The van der Waals surface area contributed by atoms with Crippen LogP contribution in [0, 0.1) is 0 Å². The van der Waals surface area contributed by atoms with Gasteiger partial charge in [0.05, 0.1) is 0 Å². The fraction of sp³-hybridized carbons (Fsp3) is 0.444. The molecule has 22 heavy (non-hydrogen) atoms. The highest BCUT2D eigenvalue weighted by atomic mass is 15.1. The predicted molar refractivity (Wildman–Crippen MR) is 88.4 cm³/mol. The Morgan fingerprint density at radius 1 is 1.27 bits per heavy atom. The van der Waals surface area contributed by atoms with Crippen LogP contribution in [-0.4, -0.2) is 28.0 Å². The van der Waals surface area contributed by atoms with Crippen molar-refractivity contribution in [2.75, 3.05) is 18.4 Å². The van der Waals surface area contributed by atoms with Crippen molar-refractivity contribution in [3.05, 3.63) is 47.4 Å². The van der Waals surface area contributed by atoms with E-state index < -0.39 is 0 Å². The SMILES string of the molecule is CCN1CCc2c(cccc2Nc2ccnc(C3CC3)n2)C1. The Balaban J connectivity index is 1.59. The molecule has 1 aliphatic carbocycles. The number of benzene rings is 1. The van der Waals surface area contributed by atoms with Crippen LogP contribution >= 0.6 is 0 Å². The summed E-state index contributed by atoms with van der Waals surface area (Å²) >= 11 is 0. The molecule has 1 aromatic carbocycles. The van der Waals surface area contributed by atoms with Crippen LogP contribution in [-0.2, 0) is 13.0 Å². The van der Waals surface area contributed by atoms with Gasteiger partial charge in [0.25, 0.3) is 0 Å². The van der Waals surface area contributed by atoms with Gasteiger partial charge in [-0.1, -0.05) is 19.1 Å². The molecule has 1 saturated carbocycles. The zero-order valence-electron chi connectivity index (χ0n) is 13.0. The number of fused-ring (bicyclic) bond motifs is 1. The highest BCUT2D eigenvalue weighted by molar-refractivity contribution is 5.63. The molecule has 1 aromatic heterocycles. The molecule has 0 bridgehead atoms. The van der Waals surface area contributed by atoms with Gasteiger partial charge in [-0.2, -0.15) is 0 Å². The quantitative estimate of drug-likeness (QED) is 0.937. The predicted octanol–water partition coefficient (Wildman–Crippen LogP) is 3.48. The molecule has 4 heteroatoms. The molecule has 0 amide bonds. The highest BCUT2D eigenvalue weighted by Crippen LogP contribution is 2.38. The van der Waals surface area contributed by atoms with Gasteiger partial charge in [0.15, 0.2) is 0 Å².